The van der Waals surface area contributed by atoms with Crippen LogP contribution < -0.4 is 5.32 Å². The highest BCUT2D eigenvalue weighted by Crippen LogP contribution is 2.49. The van der Waals surface area contributed by atoms with Crippen molar-refractivity contribution in [3.63, 3.8) is 0 Å². The van der Waals surface area contributed by atoms with Crippen LogP contribution in [-0.2, 0) is 0 Å². The Morgan fingerprint density at radius 3 is 2.44 bits per heavy atom. The molecule has 2 aromatic rings. The summed E-state index contributed by atoms with van der Waals surface area (Å²) in [5.74, 6) is -2.62. The molecule has 1 saturated carbocycles. The Labute approximate surface area is 209 Å². The molecule has 0 heterocycles. The Kier molecular flexibility index (Phi) is 8.98. The van der Waals surface area contributed by atoms with Gasteiger partial charge in [0, 0.05) is 40.1 Å². The van der Waals surface area contributed by atoms with E-state index in [-0.39, 0.29) is 5.69 Å². The molecule has 8 heteroatoms. The molecule has 3 rings (SSSR count). The average Bonchev–Trinajstić information content (AvgIpc) is 3.00. The van der Waals surface area contributed by atoms with Crippen molar-refractivity contribution >= 4 is 35.0 Å². The zero-order valence-corrected chi connectivity index (χ0v) is 21.7. The predicted octanol–water partition coefficient (Wildman–Crippen LogP) is 7.35. The van der Waals surface area contributed by atoms with Gasteiger partial charge in [0.15, 0.2) is 17.5 Å². The number of hydrogen-bond donors (Lipinski definition) is 1. The van der Waals surface area contributed by atoms with Crippen LogP contribution in [0.15, 0.2) is 35.2 Å². The van der Waals surface area contributed by atoms with Crippen molar-refractivity contribution < 1.29 is 18.0 Å². The molecule has 186 valence electrons. The number of hydrogen-bond acceptors (Lipinski definition) is 3. The molecule has 1 N–H and O–H groups in total. The van der Waals surface area contributed by atoms with E-state index in [1.807, 2.05) is 0 Å². The van der Waals surface area contributed by atoms with E-state index in [1.165, 1.54) is 0 Å². The van der Waals surface area contributed by atoms with Crippen molar-refractivity contribution in [2.45, 2.75) is 43.8 Å². The maximum absolute atomic E-state index is 13.5. The van der Waals surface area contributed by atoms with Gasteiger partial charge in [0.05, 0.1) is 5.02 Å². The van der Waals surface area contributed by atoms with Gasteiger partial charge in [-0.1, -0.05) is 32.4 Å². The molecular formula is C26H32ClF3N2OS. The molecule has 1 aliphatic carbocycles. The predicted molar refractivity (Wildman–Crippen MR) is 134 cm³/mol. The molecule has 5 unspecified atom stereocenters. The first-order valence-electron chi connectivity index (χ1n) is 11.5. The van der Waals surface area contributed by atoms with Crippen molar-refractivity contribution in [3.05, 3.63) is 58.4 Å². The van der Waals surface area contributed by atoms with Gasteiger partial charge in [0.25, 0.3) is 5.91 Å². The second-order valence-corrected chi connectivity index (χ2v) is 11.5. The highest BCUT2D eigenvalue weighted by molar-refractivity contribution is 8.00. The quantitative estimate of drug-likeness (QED) is 0.375. The van der Waals surface area contributed by atoms with Gasteiger partial charge in [-0.3, -0.25) is 4.79 Å². The van der Waals surface area contributed by atoms with E-state index in [4.69, 9.17) is 11.6 Å². The van der Waals surface area contributed by atoms with Gasteiger partial charge in [0.1, 0.15) is 0 Å². The number of anilines is 1. The molecule has 0 aliphatic heterocycles. The van der Waals surface area contributed by atoms with E-state index >= 15 is 0 Å². The van der Waals surface area contributed by atoms with E-state index in [0.717, 1.165) is 36.4 Å². The third-order valence-electron chi connectivity index (χ3n) is 6.63. The lowest BCUT2D eigenvalue weighted by atomic mass is 9.93. The first-order chi connectivity index (χ1) is 16.0. The summed E-state index contributed by atoms with van der Waals surface area (Å²) in [6, 6.07) is 6.45. The van der Waals surface area contributed by atoms with Gasteiger partial charge >= 0.3 is 0 Å². The normalized spacial score (nSPS) is 23.4. The van der Waals surface area contributed by atoms with Gasteiger partial charge in [0.2, 0.25) is 0 Å². The lowest BCUT2D eigenvalue weighted by molar-refractivity contribution is 0.102. The van der Waals surface area contributed by atoms with Gasteiger partial charge in [-0.05, 0) is 68.8 Å². The largest absolute Gasteiger partial charge is 0.322 e. The van der Waals surface area contributed by atoms with Crippen molar-refractivity contribution in [1.29, 1.82) is 0 Å². The minimum atomic E-state index is -1.57. The fraction of sp³-hybridized carbons (Fsp3) is 0.500. The maximum atomic E-state index is 13.5. The zero-order chi connectivity index (χ0) is 25.2. The lowest BCUT2D eigenvalue weighted by Gasteiger charge is -2.27. The van der Waals surface area contributed by atoms with Crippen molar-refractivity contribution in [2.24, 2.45) is 23.7 Å². The summed E-state index contributed by atoms with van der Waals surface area (Å²) < 4.78 is 40.2. The smallest absolute Gasteiger partial charge is 0.255 e. The number of carbonyl (C=O) groups excluding carboxylic acids is 1. The highest BCUT2D eigenvalue weighted by atomic mass is 35.5. The summed E-state index contributed by atoms with van der Waals surface area (Å²) >= 11 is 8.21. The number of nitrogens with one attached hydrogen (secondary N) is 1. The molecule has 3 nitrogen and oxygen atoms in total. The Balaban J connectivity index is 1.77. The number of nitrogens with zero attached hydrogens (tertiary/aromatic N) is 1. The molecule has 0 radical (unpaired) electrons. The van der Waals surface area contributed by atoms with E-state index in [0.29, 0.717) is 39.5 Å². The van der Waals surface area contributed by atoms with Crippen LogP contribution in [0.1, 0.15) is 44.0 Å². The molecule has 34 heavy (non-hydrogen) atoms. The first kappa shape index (κ1) is 26.9. The van der Waals surface area contributed by atoms with Crippen LogP contribution in [-0.4, -0.2) is 36.7 Å². The number of halogens is 4. The Morgan fingerprint density at radius 1 is 1.18 bits per heavy atom. The number of amides is 1. The van der Waals surface area contributed by atoms with Gasteiger partial charge in [-0.2, -0.15) is 0 Å². The molecular weight excluding hydrogens is 481 g/mol. The summed E-state index contributed by atoms with van der Waals surface area (Å²) in [4.78, 5) is 15.8. The Morgan fingerprint density at radius 2 is 1.82 bits per heavy atom. The third-order valence-corrected chi connectivity index (χ3v) is 8.75. The van der Waals surface area contributed by atoms with Gasteiger partial charge < -0.3 is 10.2 Å². The minimum Gasteiger partial charge on any atom is -0.322 e. The van der Waals surface area contributed by atoms with Crippen molar-refractivity contribution in [3.8, 4) is 0 Å². The van der Waals surface area contributed by atoms with Crippen molar-refractivity contribution in [2.75, 3.05) is 26.0 Å². The maximum Gasteiger partial charge on any atom is 0.255 e. The number of thioether (sulfide) groups is 1. The molecule has 0 aromatic heterocycles. The van der Waals surface area contributed by atoms with Crippen LogP contribution in [0.2, 0.25) is 5.02 Å². The average molecular weight is 513 g/mol. The number of rotatable bonds is 8. The van der Waals surface area contributed by atoms with Crippen LogP contribution in [0.3, 0.4) is 0 Å². The Hall–Kier alpha value is -1.70. The van der Waals surface area contributed by atoms with Crippen LogP contribution in [0.25, 0.3) is 0 Å². The fourth-order valence-electron chi connectivity index (χ4n) is 4.94. The Bertz CT molecular complexity index is 1010. The van der Waals surface area contributed by atoms with Crippen LogP contribution in [0.4, 0.5) is 18.9 Å². The summed E-state index contributed by atoms with van der Waals surface area (Å²) in [6.45, 7) is 7.90. The minimum absolute atomic E-state index is 0.154. The molecule has 0 spiro atoms. The third kappa shape index (κ3) is 6.49. The highest BCUT2D eigenvalue weighted by Gasteiger charge is 2.39. The van der Waals surface area contributed by atoms with Crippen LogP contribution in [0.5, 0.6) is 0 Å². The first-order valence-corrected chi connectivity index (χ1v) is 12.8. The fourth-order valence-corrected chi connectivity index (χ4v) is 6.76. The van der Waals surface area contributed by atoms with E-state index in [1.54, 1.807) is 30.0 Å². The number of carbonyl (C=O) groups is 1. The molecule has 1 amide bonds. The summed E-state index contributed by atoms with van der Waals surface area (Å²) in [7, 11) is 4.18. The number of benzene rings is 2. The zero-order valence-electron chi connectivity index (χ0n) is 20.2. The standard InChI is InChI=1S/C26H32ClF3N2OS/c1-14(13-32(4)5)8-18-9-15(2)16(3)25(18)34-23-10-17(6-7-20(23)27)26(33)31-19-11-21(28)24(30)22(29)12-19/h6-7,10-12,14-16,18,25H,8-9,13H2,1-5H3,(H,31,33). The van der Waals surface area contributed by atoms with E-state index in [2.05, 4.69) is 45.1 Å². The molecule has 2 aromatic carbocycles. The second kappa shape index (κ2) is 11.4. The monoisotopic (exact) mass is 512 g/mol. The molecule has 5 atom stereocenters. The van der Waals surface area contributed by atoms with Crippen molar-refractivity contribution in [1.82, 2.24) is 4.90 Å². The summed E-state index contributed by atoms with van der Waals surface area (Å²) in [5, 5.41) is 3.37. The molecule has 0 bridgehead atoms. The SMILES string of the molecule is CC(CC1CC(C)C(C)C1Sc1cc(C(=O)Nc2cc(F)c(F)c(F)c2)ccc1Cl)CN(C)C. The molecule has 1 aliphatic rings. The van der Waals surface area contributed by atoms with Gasteiger partial charge in [-0.25, -0.2) is 13.2 Å². The lowest BCUT2D eigenvalue weighted by Crippen LogP contribution is -2.24. The summed E-state index contributed by atoms with van der Waals surface area (Å²) in [5.41, 5.74) is 0.159. The van der Waals surface area contributed by atoms with Gasteiger partial charge in [-0.15, -0.1) is 11.8 Å². The van der Waals surface area contributed by atoms with E-state index < -0.39 is 23.4 Å². The molecule has 0 saturated heterocycles. The summed E-state index contributed by atoms with van der Waals surface area (Å²) in [6.07, 6.45) is 2.29. The van der Waals surface area contributed by atoms with E-state index in [9.17, 15) is 18.0 Å². The molecule has 1 fully saturated rings. The second-order valence-electron chi connectivity index (χ2n) is 9.87. The van der Waals surface area contributed by atoms with Crippen LogP contribution in [0, 0.1) is 41.1 Å². The topological polar surface area (TPSA) is 32.3 Å². The van der Waals surface area contributed by atoms with Crippen LogP contribution >= 0.6 is 23.4 Å².